The van der Waals surface area contributed by atoms with Gasteiger partial charge >= 0.3 is 0 Å². The molecule has 0 aromatic heterocycles. The Morgan fingerprint density at radius 2 is 0.953 bits per heavy atom. The minimum atomic E-state index is 0.128. The average molecular weight is 559 g/mol. The first-order valence-electron chi connectivity index (χ1n) is 15.0. The molecule has 2 heteroatoms. The van der Waals surface area contributed by atoms with Gasteiger partial charge < -0.3 is 9.80 Å². The van der Waals surface area contributed by atoms with E-state index in [-0.39, 0.29) is 6.04 Å². The molecule has 6 rings (SSSR count). The maximum absolute atomic E-state index is 2.42. The topological polar surface area (TPSA) is 6.48 Å². The van der Waals surface area contributed by atoms with Crippen LogP contribution >= 0.6 is 0 Å². The van der Waals surface area contributed by atoms with Crippen LogP contribution in [0.25, 0.3) is 22.9 Å². The van der Waals surface area contributed by atoms with E-state index in [0.29, 0.717) is 0 Å². The number of anilines is 5. The molecule has 0 radical (unpaired) electrons. The fourth-order valence-corrected chi connectivity index (χ4v) is 5.80. The van der Waals surface area contributed by atoms with Gasteiger partial charge in [-0.2, -0.15) is 0 Å². The maximum Gasteiger partial charge on any atom is 0.0502 e. The Balaban J connectivity index is 1.44. The average Bonchev–Trinajstić information content (AvgIpc) is 3.04. The van der Waals surface area contributed by atoms with Crippen molar-refractivity contribution in [2.45, 2.75) is 33.7 Å². The zero-order valence-electron chi connectivity index (χ0n) is 25.4. The van der Waals surface area contributed by atoms with Gasteiger partial charge in [0.25, 0.3) is 0 Å². The summed E-state index contributed by atoms with van der Waals surface area (Å²) in [6.07, 6.45) is 4.53. The Morgan fingerprint density at radius 3 is 1.56 bits per heavy atom. The summed E-state index contributed by atoms with van der Waals surface area (Å²) in [5.41, 5.74) is 8.22. The molecule has 212 valence electrons. The molecule has 6 aromatic carbocycles. The van der Waals surface area contributed by atoms with Gasteiger partial charge in [-0.25, -0.2) is 0 Å². The second kappa shape index (κ2) is 12.4. The van der Waals surface area contributed by atoms with Gasteiger partial charge in [-0.3, -0.25) is 0 Å². The van der Waals surface area contributed by atoms with E-state index >= 15 is 0 Å². The van der Waals surface area contributed by atoms with E-state index in [9.17, 15) is 0 Å². The molecule has 6 aromatic rings. The molecule has 1 unspecified atom stereocenters. The van der Waals surface area contributed by atoms with E-state index < -0.39 is 0 Å². The van der Waals surface area contributed by atoms with Crippen LogP contribution in [0.1, 0.15) is 25.0 Å². The Labute approximate surface area is 255 Å². The molecule has 0 heterocycles. The van der Waals surface area contributed by atoms with E-state index in [2.05, 4.69) is 189 Å². The molecule has 0 saturated heterocycles. The van der Waals surface area contributed by atoms with E-state index in [1.54, 1.807) is 0 Å². The van der Waals surface area contributed by atoms with Gasteiger partial charge in [-0.05, 0) is 110 Å². The third kappa shape index (κ3) is 6.10. The molecule has 2 nitrogen and oxygen atoms in total. The number of fused-ring (bicyclic) bond motifs is 1. The largest absolute Gasteiger partial charge is 0.335 e. The molecule has 43 heavy (non-hydrogen) atoms. The van der Waals surface area contributed by atoms with Crippen molar-refractivity contribution < 1.29 is 0 Å². The Kier molecular flexibility index (Phi) is 8.11. The molecule has 0 spiro atoms. The smallest absolute Gasteiger partial charge is 0.0502 e. The fourth-order valence-electron chi connectivity index (χ4n) is 5.80. The monoisotopic (exact) mass is 558 g/mol. The molecule has 0 N–H and O–H groups in total. The van der Waals surface area contributed by atoms with Crippen molar-refractivity contribution >= 4 is 51.4 Å². The van der Waals surface area contributed by atoms with Crippen LogP contribution in [-0.2, 0) is 0 Å². The summed E-state index contributed by atoms with van der Waals surface area (Å²) >= 11 is 0. The Hall–Kier alpha value is -5.08. The molecule has 0 aliphatic rings. The SMILES string of the molecule is C/C=c1/cccc/c1=C/C(C)N(c1ccc(C)cc1)c1ccc(N(c2ccc(C)cc2)c2ccc3ccccc3c2)cc1. The Bertz CT molecular complexity index is 1950. The molecule has 0 saturated carbocycles. The van der Waals surface area contributed by atoms with E-state index in [1.165, 1.54) is 38.0 Å². The summed E-state index contributed by atoms with van der Waals surface area (Å²) in [6, 6.07) is 50.5. The second-order valence-corrected chi connectivity index (χ2v) is 11.2. The van der Waals surface area contributed by atoms with E-state index in [0.717, 1.165) is 22.7 Å². The lowest BCUT2D eigenvalue weighted by molar-refractivity contribution is 0.899. The van der Waals surface area contributed by atoms with Crippen molar-refractivity contribution in [3.05, 3.63) is 161 Å². The summed E-state index contributed by atoms with van der Waals surface area (Å²) in [5, 5.41) is 4.96. The van der Waals surface area contributed by atoms with Gasteiger partial charge in [0.2, 0.25) is 0 Å². The van der Waals surface area contributed by atoms with Crippen molar-refractivity contribution in [2.24, 2.45) is 0 Å². The second-order valence-electron chi connectivity index (χ2n) is 11.2. The third-order valence-corrected chi connectivity index (χ3v) is 8.12. The third-order valence-electron chi connectivity index (χ3n) is 8.12. The molecular formula is C41H38N2. The van der Waals surface area contributed by atoms with Crippen LogP contribution in [-0.4, -0.2) is 6.04 Å². The van der Waals surface area contributed by atoms with E-state index in [1.807, 2.05) is 0 Å². The number of benzene rings is 6. The van der Waals surface area contributed by atoms with Crippen LogP contribution in [0.2, 0.25) is 0 Å². The zero-order valence-corrected chi connectivity index (χ0v) is 25.4. The fraction of sp³-hybridized carbons (Fsp3) is 0.122. The first-order chi connectivity index (χ1) is 21.0. The van der Waals surface area contributed by atoms with E-state index in [4.69, 9.17) is 0 Å². The molecule has 0 aliphatic heterocycles. The Morgan fingerprint density at radius 1 is 0.488 bits per heavy atom. The first-order valence-corrected chi connectivity index (χ1v) is 15.0. The van der Waals surface area contributed by atoms with Crippen LogP contribution in [0, 0.1) is 13.8 Å². The molecule has 0 bridgehead atoms. The summed E-state index contributed by atoms with van der Waals surface area (Å²) in [6.45, 7) is 8.64. The summed E-state index contributed by atoms with van der Waals surface area (Å²) in [4.78, 5) is 4.76. The molecule has 1 atom stereocenters. The van der Waals surface area contributed by atoms with Gasteiger partial charge in [-0.1, -0.05) is 102 Å². The molecule has 0 aliphatic carbocycles. The molecular weight excluding hydrogens is 520 g/mol. The number of aryl methyl sites for hydroxylation is 2. The lowest BCUT2D eigenvalue weighted by atomic mass is 10.1. The number of hydrogen-bond acceptors (Lipinski definition) is 2. The normalized spacial score (nSPS) is 12.8. The highest BCUT2D eigenvalue weighted by Gasteiger charge is 2.18. The van der Waals surface area contributed by atoms with Crippen LogP contribution in [0.15, 0.2) is 140 Å². The zero-order chi connectivity index (χ0) is 29.8. The van der Waals surface area contributed by atoms with Crippen molar-refractivity contribution in [2.75, 3.05) is 9.80 Å². The highest BCUT2D eigenvalue weighted by Crippen LogP contribution is 2.38. The standard InChI is InChI=1S/C41H38N2/c1-5-33-10-6-8-12-35(33)28-32(4)42(37-19-14-30(2)15-20-37)38-24-26-40(27-25-38)43(39-21-16-31(3)17-22-39)41-23-18-34-11-7-9-13-36(34)29-41/h5-29,32H,1-4H3/b33-5-,35-28-. The van der Waals surface area contributed by atoms with Crippen molar-refractivity contribution in [3.8, 4) is 0 Å². The first kappa shape index (κ1) is 28.1. The van der Waals surface area contributed by atoms with Crippen LogP contribution in [0.4, 0.5) is 28.4 Å². The van der Waals surface area contributed by atoms with Crippen molar-refractivity contribution in [1.82, 2.24) is 0 Å². The maximum atomic E-state index is 2.42. The number of nitrogens with zero attached hydrogens (tertiary/aromatic N) is 2. The number of rotatable bonds is 7. The van der Waals surface area contributed by atoms with Gasteiger partial charge in [0.05, 0.1) is 6.04 Å². The minimum absolute atomic E-state index is 0.128. The predicted molar refractivity (Wildman–Crippen MR) is 186 cm³/mol. The van der Waals surface area contributed by atoms with Gasteiger partial charge in [0, 0.05) is 28.4 Å². The molecule has 0 amide bonds. The van der Waals surface area contributed by atoms with Gasteiger partial charge in [0.15, 0.2) is 0 Å². The molecule has 0 fully saturated rings. The quantitative estimate of drug-likeness (QED) is 0.192. The summed E-state index contributed by atoms with van der Waals surface area (Å²) in [5.74, 6) is 0. The summed E-state index contributed by atoms with van der Waals surface area (Å²) < 4.78 is 0. The number of hydrogen-bond donors (Lipinski definition) is 0. The minimum Gasteiger partial charge on any atom is -0.335 e. The van der Waals surface area contributed by atoms with Gasteiger partial charge in [-0.15, -0.1) is 0 Å². The lowest BCUT2D eigenvalue weighted by Crippen LogP contribution is -2.32. The van der Waals surface area contributed by atoms with Gasteiger partial charge in [0.1, 0.15) is 0 Å². The van der Waals surface area contributed by atoms with Crippen LogP contribution in [0.3, 0.4) is 0 Å². The highest BCUT2D eigenvalue weighted by molar-refractivity contribution is 5.89. The van der Waals surface area contributed by atoms with Crippen LogP contribution in [0.5, 0.6) is 0 Å². The highest BCUT2D eigenvalue weighted by atomic mass is 15.2. The van der Waals surface area contributed by atoms with Crippen LogP contribution < -0.4 is 20.2 Å². The van der Waals surface area contributed by atoms with Crippen molar-refractivity contribution in [1.29, 1.82) is 0 Å². The predicted octanol–water partition coefficient (Wildman–Crippen LogP) is 9.73. The lowest BCUT2D eigenvalue weighted by Gasteiger charge is -2.31. The summed E-state index contributed by atoms with van der Waals surface area (Å²) in [7, 11) is 0. The van der Waals surface area contributed by atoms with Crippen molar-refractivity contribution in [3.63, 3.8) is 0 Å².